The minimum Gasteiger partial charge on any atom is -0.469 e. The van der Waals surface area contributed by atoms with Crippen molar-refractivity contribution in [3.8, 4) is 0 Å². The number of carbonyl (C=O) groups excluding carboxylic acids is 1. The Balaban J connectivity index is 0.775. The van der Waals surface area contributed by atoms with E-state index in [2.05, 4.69) is 26.7 Å². The lowest BCUT2D eigenvalue weighted by molar-refractivity contribution is -0.355. The van der Waals surface area contributed by atoms with E-state index in [-0.39, 0.29) is 85.0 Å². The molecule has 10 fully saturated rings. The molecule has 0 amide bonds. The highest BCUT2D eigenvalue weighted by Gasteiger charge is 2.75. The summed E-state index contributed by atoms with van der Waals surface area (Å²) in [6, 6.07) is 0. The third kappa shape index (κ3) is 9.32. The van der Waals surface area contributed by atoms with Crippen LogP contribution in [0.4, 0.5) is 0 Å². The van der Waals surface area contributed by atoms with Crippen molar-refractivity contribution in [3.05, 3.63) is 37.0 Å². The highest BCUT2D eigenvalue weighted by Crippen LogP contribution is 2.59. The average molecular weight is 924 g/mol. The molecule has 4 unspecified atom stereocenters. The van der Waals surface area contributed by atoms with Gasteiger partial charge < -0.3 is 67.1 Å². The first kappa shape index (κ1) is 47.5. The molecule has 2 N–H and O–H groups in total. The number of ether oxygens (including phenoxy) is 12. The maximum Gasteiger partial charge on any atom is 0.308 e. The Morgan fingerprint density at radius 3 is 2.48 bits per heavy atom. The highest BCUT2D eigenvalue weighted by molar-refractivity contribution is 6.20. The molecule has 10 aliphatic rings. The van der Waals surface area contributed by atoms with Crippen molar-refractivity contribution in [2.45, 2.75) is 225 Å². The van der Waals surface area contributed by atoms with Crippen molar-refractivity contribution in [2.24, 2.45) is 11.8 Å². The van der Waals surface area contributed by atoms with E-state index in [0.717, 1.165) is 12.0 Å². The lowest BCUT2D eigenvalue weighted by atomic mass is 9.79. The normalized spacial score (nSPS) is 47.4. The standard InChI is InChI=1S/C48H71ClO15/c1-9-16-54-48-23-47(62-42-41-32(13-11-30(57-41)19-38(51)53-8)59-44(43(42)63-48)45(48)64-47)15-14-28(49)17-25(3)31(50)12-10-29-18-24(2)26(4)33(56-29)20-35-39(52)27(5)40-36(58-35)21-34-37(60-40)22-55-46(6,7)61-34/h9,24,27-37,39-45,50,52H,1,3-4,10-23H2,2,5-8H3/t24-,27-,28?,29+,30-,31+,32+,33?,34-,35+,36+,37-,39-,40+,41+,42?,43+,44?,45+,47-,48-/m1/s1. The van der Waals surface area contributed by atoms with E-state index >= 15 is 0 Å². The minimum absolute atomic E-state index is 0.114. The zero-order valence-electron chi connectivity index (χ0n) is 38.1. The zero-order valence-corrected chi connectivity index (χ0v) is 38.9. The topological polar surface area (TPSA) is 168 Å². The van der Waals surface area contributed by atoms with E-state index in [1.54, 1.807) is 6.08 Å². The second-order valence-electron chi connectivity index (χ2n) is 20.5. The van der Waals surface area contributed by atoms with Crippen molar-refractivity contribution in [1.29, 1.82) is 0 Å². The molecule has 6 bridgehead atoms. The van der Waals surface area contributed by atoms with Gasteiger partial charge in [-0.2, -0.15) is 0 Å². The first-order valence-electron chi connectivity index (χ1n) is 23.8. The van der Waals surface area contributed by atoms with Gasteiger partial charge in [-0.05, 0) is 75.9 Å². The Morgan fingerprint density at radius 1 is 0.922 bits per heavy atom. The van der Waals surface area contributed by atoms with Gasteiger partial charge in [-0.3, -0.25) is 4.79 Å². The van der Waals surface area contributed by atoms with Gasteiger partial charge in [0, 0.05) is 30.6 Å². The van der Waals surface area contributed by atoms with Crippen LogP contribution in [-0.2, 0) is 61.6 Å². The SMILES string of the molecule is C=CCO[C@]12C[C@]3(CCC(Cl)CC(=C)[C@@H](O)CC[C@H]4C[C@@H](C)C(=C)C(C[C@@H]5O[C@H]6C[C@H]7OC(C)(C)OC[C@H]7O[C@H]6[C@H](C)[C@H]5O)O4)OC4[C@H](O1)C(O[C@H]1CC[C@H](CC(=O)OC)O[C@H]41)[C@@H]2O3. The maximum atomic E-state index is 12.2. The van der Waals surface area contributed by atoms with Gasteiger partial charge in [-0.1, -0.05) is 33.1 Å². The fraction of sp³-hybridized carbons (Fsp3) is 0.854. The second kappa shape index (κ2) is 18.8. The van der Waals surface area contributed by atoms with Crippen LogP contribution in [0.2, 0.25) is 0 Å². The Hall–Kier alpha value is -1.54. The van der Waals surface area contributed by atoms with Crippen molar-refractivity contribution < 1.29 is 71.8 Å². The van der Waals surface area contributed by atoms with Crippen LogP contribution in [0, 0.1) is 11.8 Å². The van der Waals surface area contributed by atoms with Crippen LogP contribution in [-0.4, -0.2) is 157 Å². The number of esters is 1. The van der Waals surface area contributed by atoms with E-state index in [4.69, 9.17) is 68.4 Å². The van der Waals surface area contributed by atoms with Gasteiger partial charge in [0.2, 0.25) is 5.79 Å². The summed E-state index contributed by atoms with van der Waals surface area (Å²) in [5.74, 6) is -3.13. The molecule has 15 nitrogen and oxygen atoms in total. The molecular weight excluding hydrogens is 852 g/mol. The largest absolute Gasteiger partial charge is 0.469 e. The fourth-order valence-corrected chi connectivity index (χ4v) is 12.4. The molecule has 0 spiro atoms. The summed E-state index contributed by atoms with van der Waals surface area (Å²) in [6.45, 7) is 21.2. The summed E-state index contributed by atoms with van der Waals surface area (Å²) in [6.07, 6.45) is 1.74. The third-order valence-electron chi connectivity index (χ3n) is 15.6. The molecule has 0 aromatic carbocycles. The van der Waals surface area contributed by atoms with Crippen molar-refractivity contribution in [2.75, 3.05) is 20.3 Å². The number of aliphatic hydroxyl groups is 2. The Kier molecular flexibility index (Phi) is 13.9. The number of fused-ring (bicyclic) bond motifs is 3. The number of hydrogen-bond donors (Lipinski definition) is 2. The average Bonchev–Trinajstić information content (AvgIpc) is 3.63. The van der Waals surface area contributed by atoms with Gasteiger partial charge in [0.1, 0.15) is 36.6 Å². The van der Waals surface area contributed by atoms with E-state index in [1.165, 1.54) is 7.11 Å². The van der Waals surface area contributed by atoms with Crippen LogP contribution in [0.15, 0.2) is 37.0 Å². The fourth-order valence-electron chi connectivity index (χ4n) is 12.1. The highest BCUT2D eigenvalue weighted by atomic mass is 35.5. The molecule has 10 aliphatic heterocycles. The van der Waals surface area contributed by atoms with E-state index in [9.17, 15) is 15.0 Å². The summed E-state index contributed by atoms with van der Waals surface area (Å²) in [5.41, 5.74) is 1.65. The number of alkyl halides is 1. The van der Waals surface area contributed by atoms with Gasteiger partial charge in [0.25, 0.3) is 0 Å². The second-order valence-corrected chi connectivity index (χ2v) is 21.1. The van der Waals surface area contributed by atoms with E-state index < -0.39 is 66.2 Å². The smallest absolute Gasteiger partial charge is 0.308 e. The van der Waals surface area contributed by atoms with Crippen LogP contribution >= 0.6 is 11.6 Å². The first-order valence-corrected chi connectivity index (χ1v) is 24.2. The molecule has 64 heavy (non-hydrogen) atoms. The van der Waals surface area contributed by atoms with Gasteiger partial charge in [0.15, 0.2) is 11.6 Å². The molecule has 0 aromatic rings. The lowest BCUT2D eigenvalue weighted by Crippen LogP contribution is -2.63. The first-order chi connectivity index (χ1) is 30.5. The molecule has 16 heteroatoms. The zero-order chi connectivity index (χ0) is 45.3. The molecule has 21 atom stereocenters. The minimum atomic E-state index is -1.08. The van der Waals surface area contributed by atoms with Crippen LogP contribution < -0.4 is 0 Å². The Labute approximate surface area is 382 Å². The van der Waals surface area contributed by atoms with Gasteiger partial charge >= 0.3 is 5.97 Å². The molecule has 10 saturated heterocycles. The Morgan fingerprint density at radius 2 is 1.70 bits per heavy atom. The summed E-state index contributed by atoms with van der Waals surface area (Å²) in [7, 11) is 1.38. The number of carbonyl (C=O) groups is 1. The molecule has 10 heterocycles. The molecule has 0 aromatic heterocycles. The molecule has 10 rings (SSSR count). The summed E-state index contributed by atoms with van der Waals surface area (Å²) in [5, 5.41) is 22.5. The van der Waals surface area contributed by atoms with E-state index in [1.807, 2.05) is 20.8 Å². The van der Waals surface area contributed by atoms with Crippen LogP contribution in [0.25, 0.3) is 0 Å². The van der Waals surface area contributed by atoms with Crippen molar-refractivity contribution in [3.63, 3.8) is 0 Å². The predicted molar refractivity (Wildman–Crippen MR) is 230 cm³/mol. The van der Waals surface area contributed by atoms with Crippen LogP contribution in [0.5, 0.6) is 0 Å². The van der Waals surface area contributed by atoms with Gasteiger partial charge in [-0.25, -0.2) is 0 Å². The number of aliphatic hydroxyl groups excluding tert-OH is 2. The quantitative estimate of drug-likeness (QED) is 0.116. The molecule has 0 saturated carbocycles. The number of rotatable bonds is 16. The number of methoxy groups -OCH3 is 1. The molecule has 0 radical (unpaired) electrons. The van der Waals surface area contributed by atoms with E-state index in [0.29, 0.717) is 76.4 Å². The number of halogens is 1. The van der Waals surface area contributed by atoms with Crippen LogP contribution in [0.3, 0.4) is 0 Å². The lowest BCUT2D eigenvalue weighted by Gasteiger charge is -2.53. The molecule has 0 aliphatic carbocycles. The predicted octanol–water partition coefficient (Wildman–Crippen LogP) is 5.33. The van der Waals surface area contributed by atoms with Gasteiger partial charge in [0.05, 0.1) is 94.2 Å². The Bertz CT molecular complexity index is 1730. The summed E-state index contributed by atoms with van der Waals surface area (Å²) < 4.78 is 76.6. The summed E-state index contributed by atoms with van der Waals surface area (Å²) in [4.78, 5) is 12.2. The van der Waals surface area contributed by atoms with Crippen LogP contribution in [0.1, 0.15) is 105 Å². The monoisotopic (exact) mass is 922 g/mol. The van der Waals surface area contributed by atoms with Gasteiger partial charge in [-0.15, -0.1) is 18.2 Å². The van der Waals surface area contributed by atoms with Crippen molar-refractivity contribution in [1.82, 2.24) is 0 Å². The molecule has 360 valence electrons. The molecular formula is C48H71ClO15. The summed E-state index contributed by atoms with van der Waals surface area (Å²) >= 11 is 7.05. The number of hydrogen-bond acceptors (Lipinski definition) is 15. The maximum absolute atomic E-state index is 12.2. The van der Waals surface area contributed by atoms with Crippen molar-refractivity contribution >= 4 is 17.6 Å². The third-order valence-corrected chi connectivity index (χ3v) is 15.9.